The van der Waals surface area contributed by atoms with Crippen LogP contribution in [0.25, 0.3) is 0 Å². The normalized spacial score (nSPS) is 14.2. The lowest BCUT2D eigenvalue weighted by Crippen LogP contribution is -2.22. The van der Waals surface area contributed by atoms with Crippen LogP contribution in [0.5, 0.6) is 0 Å². The number of fused-ring (bicyclic) bond motifs is 1. The molecule has 2 rings (SSSR count). The number of carbonyl (C=O) groups is 2. The molecule has 88 valence electrons. The molecule has 0 spiro atoms. The van der Waals surface area contributed by atoms with Gasteiger partial charge in [0.1, 0.15) is 0 Å². The van der Waals surface area contributed by atoms with Crippen LogP contribution < -0.4 is 10.6 Å². The van der Waals surface area contributed by atoms with E-state index < -0.39 is 0 Å². The molecule has 1 aromatic carbocycles. The van der Waals surface area contributed by atoms with Crippen LogP contribution in [-0.4, -0.2) is 18.4 Å². The molecule has 0 unspecified atom stereocenters. The Kier molecular flexibility index (Phi) is 3.23. The molecule has 0 saturated heterocycles. The maximum atomic E-state index is 11.8. The van der Waals surface area contributed by atoms with E-state index in [0.29, 0.717) is 17.8 Å². The second kappa shape index (κ2) is 4.82. The zero-order chi connectivity index (χ0) is 12.3. The number of benzene rings is 1. The monoisotopic (exact) mass is 230 g/mol. The second-order valence-corrected chi connectivity index (χ2v) is 3.92. The van der Waals surface area contributed by atoms with Gasteiger partial charge >= 0.3 is 0 Å². The Morgan fingerprint density at radius 3 is 3.06 bits per heavy atom. The van der Waals surface area contributed by atoms with Crippen molar-refractivity contribution in [1.29, 1.82) is 0 Å². The maximum Gasteiger partial charge on any atom is 0.251 e. The van der Waals surface area contributed by atoms with Crippen LogP contribution in [0.15, 0.2) is 30.9 Å². The zero-order valence-corrected chi connectivity index (χ0v) is 9.45. The van der Waals surface area contributed by atoms with Crippen molar-refractivity contribution < 1.29 is 9.59 Å². The summed E-state index contributed by atoms with van der Waals surface area (Å²) in [6.07, 6.45) is 3.02. The summed E-state index contributed by atoms with van der Waals surface area (Å²) in [4.78, 5) is 22.9. The van der Waals surface area contributed by atoms with Crippen molar-refractivity contribution in [1.82, 2.24) is 5.32 Å². The number of hydrogen-bond acceptors (Lipinski definition) is 2. The van der Waals surface area contributed by atoms with E-state index in [2.05, 4.69) is 17.2 Å². The Morgan fingerprint density at radius 2 is 2.29 bits per heavy atom. The van der Waals surface area contributed by atoms with Gasteiger partial charge in [-0.25, -0.2) is 0 Å². The van der Waals surface area contributed by atoms with Crippen molar-refractivity contribution in [3.8, 4) is 0 Å². The van der Waals surface area contributed by atoms with Gasteiger partial charge in [-0.15, -0.1) is 0 Å². The Morgan fingerprint density at radius 1 is 1.47 bits per heavy atom. The molecule has 0 radical (unpaired) electrons. The first-order chi connectivity index (χ1) is 8.20. The Labute approximate surface area is 99.7 Å². The van der Waals surface area contributed by atoms with Gasteiger partial charge in [0.15, 0.2) is 0 Å². The van der Waals surface area contributed by atoms with Crippen LogP contribution in [0.4, 0.5) is 5.69 Å². The standard InChI is InChI=1S/C13H14N2O2/c1-2-12(16)15-10-6-5-9-4-3-7-14-13(17)11(9)8-10/h2,5-6,8H,1,3-4,7H2,(H,14,17)(H,15,16). The quantitative estimate of drug-likeness (QED) is 0.756. The molecule has 0 aliphatic carbocycles. The largest absolute Gasteiger partial charge is 0.352 e. The lowest BCUT2D eigenvalue weighted by Gasteiger charge is -2.08. The summed E-state index contributed by atoms with van der Waals surface area (Å²) in [6.45, 7) is 4.08. The predicted octanol–water partition coefficient (Wildman–Crippen LogP) is 1.49. The number of amides is 2. The van der Waals surface area contributed by atoms with Crippen molar-refractivity contribution >= 4 is 17.5 Å². The van der Waals surface area contributed by atoms with Crippen LogP contribution in [0.2, 0.25) is 0 Å². The molecule has 0 atom stereocenters. The van der Waals surface area contributed by atoms with Crippen LogP contribution in [0.3, 0.4) is 0 Å². The summed E-state index contributed by atoms with van der Waals surface area (Å²) < 4.78 is 0. The highest BCUT2D eigenvalue weighted by Crippen LogP contribution is 2.19. The van der Waals surface area contributed by atoms with Gasteiger partial charge in [0.05, 0.1) is 0 Å². The Hall–Kier alpha value is -2.10. The molecular formula is C13H14N2O2. The molecule has 4 nitrogen and oxygen atoms in total. The highest BCUT2D eigenvalue weighted by molar-refractivity contribution is 6.01. The van der Waals surface area contributed by atoms with Crippen molar-refractivity contribution in [2.45, 2.75) is 12.8 Å². The van der Waals surface area contributed by atoms with Gasteiger partial charge in [-0.1, -0.05) is 12.6 Å². The zero-order valence-electron chi connectivity index (χ0n) is 9.45. The topological polar surface area (TPSA) is 58.2 Å². The molecule has 4 heteroatoms. The van der Waals surface area contributed by atoms with E-state index in [9.17, 15) is 9.59 Å². The van der Waals surface area contributed by atoms with E-state index >= 15 is 0 Å². The summed E-state index contributed by atoms with van der Waals surface area (Å²) >= 11 is 0. The van der Waals surface area contributed by atoms with Crippen molar-refractivity contribution in [3.05, 3.63) is 42.0 Å². The van der Waals surface area contributed by atoms with Crippen molar-refractivity contribution in [2.24, 2.45) is 0 Å². The molecule has 0 saturated carbocycles. The third-order valence-corrected chi connectivity index (χ3v) is 2.72. The minimum atomic E-state index is -0.279. The van der Waals surface area contributed by atoms with E-state index in [1.54, 1.807) is 12.1 Å². The highest BCUT2D eigenvalue weighted by atomic mass is 16.2. The first kappa shape index (κ1) is 11.4. The lowest BCUT2D eigenvalue weighted by atomic mass is 10.0. The Bertz CT molecular complexity index is 480. The second-order valence-electron chi connectivity index (χ2n) is 3.92. The number of anilines is 1. The maximum absolute atomic E-state index is 11.8. The fourth-order valence-electron chi connectivity index (χ4n) is 1.85. The third kappa shape index (κ3) is 2.53. The molecule has 2 amide bonds. The van der Waals surface area contributed by atoms with E-state index in [-0.39, 0.29) is 11.8 Å². The van der Waals surface area contributed by atoms with Gasteiger partial charge in [-0.05, 0) is 36.6 Å². The van der Waals surface area contributed by atoms with Gasteiger partial charge in [-0.2, -0.15) is 0 Å². The van der Waals surface area contributed by atoms with Crippen LogP contribution in [-0.2, 0) is 11.2 Å². The fourth-order valence-corrected chi connectivity index (χ4v) is 1.85. The van der Waals surface area contributed by atoms with E-state index in [1.165, 1.54) is 6.08 Å². The molecule has 1 aromatic rings. The first-order valence-electron chi connectivity index (χ1n) is 5.55. The molecule has 1 heterocycles. The van der Waals surface area contributed by atoms with E-state index in [0.717, 1.165) is 18.4 Å². The Balaban J connectivity index is 2.31. The molecule has 17 heavy (non-hydrogen) atoms. The summed E-state index contributed by atoms with van der Waals surface area (Å²) in [6, 6.07) is 5.40. The molecule has 0 aromatic heterocycles. The van der Waals surface area contributed by atoms with Gasteiger partial charge < -0.3 is 10.6 Å². The molecule has 0 fully saturated rings. The molecule has 1 aliphatic heterocycles. The van der Waals surface area contributed by atoms with E-state index in [1.807, 2.05) is 6.07 Å². The lowest BCUT2D eigenvalue weighted by molar-refractivity contribution is -0.111. The van der Waals surface area contributed by atoms with Gasteiger partial charge in [-0.3, -0.25) is 9.59 Å². The molecule has 1 aliphatic rings. The van der Waals surface area contributed by atoms with Gasteiger partial charge in [0, 0.05) is 17.8 Å². The number of aryl methyl sites for hydroxylation is 1. The van der Waals surface area contributed by atoms with Crippen LogP contribution in [0, 0.1) is 0 Å². The molecular weight excluding hydrogens is 216 g/mol. The molecule has 0 bridgehead atoms. The number of hydrogen-bond donors (Lipinski definition) is 2. The van der Waals surface area contributed by atoms with E-state index in [4.69, 9.17) is 0 Å². The smallest absolute Gasteiger partial charge is 0.251 e. The predicted molar refractivity (Wildman–Crippen MR) is 65.9 cm³/mol. The number of nitrogens with one attached hydrogen (secondary N) is 2. The van der Waals surface area contributed by atoms with Crippen LogP contribution >= 0.6 is 0 Å². The highest BCUT2D eigenvalue weighted by Gasteiger charge is 2.15. The summed E-state index contributed by atoms with van der Waals surface area (Å²) in [7, 11) is 0. The van der Waals surface area contributed by atoms with Crippen molar-refractivity contribution in [3.63, 3.8) is 0 Å². The third-order valence-electron chi connectivity index (χ3n) is 2.72. The molecule has 2 N–H and O–H groups in total. The number of carbonyl (C=O) groups excluding carboxylic acids is 2. The van der Waals surface area contributed by atoms with Crippen molar-refractivity contribution in [2.75, 3.05) is 11.9 Å². The summed E-state index contributed by atoms with van der Waals surface area (Å²) in [5.74, 6) is -0.355. The fraction of sp³-hybridized carbons (Fsp3) is 0.231. The summed E-state index contributed by atoms with van der Waals surface area (Å²) in [5.41, 5.74) is 2.28. The number of rotatable bonds is 2. The van der Waals surface area contributed by atoms with Gasteiger partial charge in [0.2, 0.25) is 5.91 Å². The van der Waals surface area contributed by atoms with Gasteiger partial charge in [0.25, 0.3) is 5.91 Å². The van der Waals surface area contributed by atoms with Crippen LogP contribution in [0.1, 0.15) is 22.3 Å². The summed E-state index contributed by atoms with van der Waals surface area (Å²) in [5, 5.41) is 5.47. The average Bonchev–Trinajstić information content (AvgIpc) is 2.52. The minimum absolute atomic E-state index is 0.0767. The average molecular weight is 230 g/mol. The first-order valence-corrected chi connectivity index (χ1v) is 5.55. The SMILES string of the molecule is C=CC(=O)Nc1ccc2c(c1)C(=O)NCCC2. The minimum Gasteiger partial charge on any atom is -0.352 e.